The molecule has 1 nitrogen and oxygen atoms in total. The van der Waals surface area contributed by atoms with Gasteiger partial charge in [0.15, 0.2) is 6.29 Å². The van der Waals surface area contributed by atoms with Crippen molar-refractivity contribution in [3.8, 4) is 0 Å². The molecule has 0 amide bonds. The molecule has 2 rings (SSSR count). The smallest absolute Gasteiger partial charge is 0.150 e. The Bertz CT molecular complexity index is 527. The number of carbonyl (C=O) groups is 1. The zero-order chi connectivity index (χ0) is 12.1. The summed E-state index contributed by atoms with van der Waals surface area (Å²) in [5.74, 6) is 0. The summed E-state index contributed by atoms with van der Waals surface area (Å²) < 4.78 is 1.03. The van der Waals surface area contributed by atoms with E-state index >= 15 is 0 Å². The van der Waals surface area contributed by atoms with E-state index in [1.54, 1.807) is 0 Å². The number of benzene rings is 2. The lowest BCUT2D eigenvalue weighted by Gasteiger charge is -2.00. The third kappa shape index (κ3) is 3.14. The Kier molecular flexibility index (Phi) is 3.89. The van der Waals surface area contributed by atoms with Crippen LogP contribution in [0.1, 0.15) is 11.1 Å². The van der Waals surface area contributed by atoms with Gasteiger partial charge >= 0.3 is 0 Å². The summed E-state index contributed by atoms with van der Waals surface area (Å²) in [4.78, 5) is 11.1. The molecule has 0 saturated carbocycles. The summed E-state index contributed by atoms with van der Waals surface area (Å²) in [7, 11) is 0. The summed E-state index contributed by atoms with van der Waals surface area (Å²) in [6.07, 6.45) is 2.77. The highest BCUT2D eigenvalue weighted by Crippen LogP contribution is 2.17. The van der Waals surface area contributed by atoms with Gasteiger partial charge in [0.2, 0.25) is 0 Å². The van der Waals surface area contributed by atoms with Crippen LogP contribution >= 0.6 is 15.9 Å². The van der Waals surface area contributed by atoms with E-state index in [4.69, 9.17) is 0 Å². The minimum atomic E-state index is 0.688. The average Bonchev–Trinajstić information content (AvgIpc) is 2.39. The third-order valence-electron chi connectivity index (χ3n) is 2.43. The summed E-state index contributed by atoms with van der Waals surface area (Å²) in [5, 5.41) is 0. The van der Waals surface area contributed by atoms with Crippen molar-refractivity contribution in [2.24, 2.45) is 0 Å². The summed E-state index contributed by atoms with van der Waals surface area (Å²) >= 11 is 3.38. The first-order chi connectivity index (χ1) is 8.29. The maximum Gasteiger partial charge on any atom is 0.150 e. The van der Waals surface area contributed by atoms with E-state index in [2.05, 4.69) is 15.9 Å². The minimum absolute atomic E-state index is 0.688. The predicted molar refractivity (Wildman–Crippen MR) is 74.5 cm³/mol. The van der Waals surface area contributed by atoms with Crippen molar-refractivity contribution in [3.05, 3.63) is 70.2 Å². The van der Waals surface area contributed by atoms with Crippen LogP contribution in [-0.4, -0.2) is 6.29 Å². The Morgan fingerprint density at radius 1 is 0.941 bits per heavy atom. The topological polar surface area (TPSA) is 17.1 Å². The number of halogens is 1. The summed E-state index contributed by atoms with van der Waals surface area (Å²) in [6.45, 7) is 0. The lowest BCUT2D eigenvalue weighted by Crippen LogP contribution is -1.85. The molecule has 0 heterocycles. The zero-order valence-corrected chi connectivity index (χ0v) is 10.7. The lowest BCUT2D eigenvalue weighted by atomic mass is 10.0. The fourth-order valence-corrected chi connectivity index (χ4v) is 1.82. The number of allylic oxidation sites excluding steroid dienone is 1. The highest BCUT2D eigenvalue weighted by atomic mass is 79.9. The van der Waals surface area contributed by atoms with Gasteiger partial charge in [0.1, 0.15) is 0 Å². The van der Waals surface area contributed by atoms with Crippen molar-refractivity contribution >= 4 is 33.9 Å². The van der Waals surface area contributed by atoms with Crippen molar-refractivity contribution in [1.82, 2.24) is 0 Å². The highest BCUT2D eigenvalue weighted by molar-refractivity contribution is 9.10. The Morgan fingerprint density at radius 2 is 1.59 bits per heavy atom. The molecule has 0 N–H and O–H groups in total. The van der Waals surface area contributed by atoms with Crippen LogP contribution in [0.4, 0.5) is 0 Å². The average molecular weight is 287 g/mol. The molecule has 0 radical (unpaired) electrons. The second-order valence-electron chi connectivity index (χ2n) is 3.64. The number of rotatable bonds is 3. The fourth-order valence-electron chi connectivity index (χ4n) is 1.55. The van der Waals surface area contributed by atoms with Crippen LogP contribution in [0.2, 0.25) is 0 Å². The lowest BCUT2D eigenvalue weighted by molar-refractivity contribution is -0.103. The molecule has 84 valence electrons. The minimum Gasteiger partial charge on any atom is -0.298 e. The molecule has 2 aromatic rings. The van der Waals surface area contributed by atoms with Crippen molar-refractivity contribution in [2.45, 2.75) is 0 Å². The van der Waals surface area contributed by atoms with E-state index in [1.165, 1.54) is 0 Å². The van der Waals surface area contributed by atoms with Crippen LogP contribution < -0.4 is 0 Å². The van der Waals surface area contributed by atoms with Crippen molar-refractivity contribution in [2.75, 3.05) is 0 Å². The van der Waals surface area contributed by atoms with Crippen LogP contribution in [0.25, 0.3) is 11.6 Å². The molecule has 2 heteroatoms. The van der Waals surface area contributed by atoms with E-state index < -0.39 is 0 Å². The monoisotopic (exact) mass is 286 g/mol. The number of hydrogen-bond donors (Lipinski definition) is 0. The van der Waals surface area contributed by atoms with E-state index in [9.17, 15) is 4.79 Å². The van der Waals surface area contributed by atoms with Gasteiger partial charge in [-0.1, -0.05) is 58.4 Å². The van der Waals surface area contributed by atoms with Gasteiger partial charge in [-0.25, -0.2) is 0 Å². The first kappa shape index (κ1) is 11.8. The molecule has 0 bridgehead atoms. The maximum absolute atomic E-state index is 11.1. The summed E-state index contributed by atoms with van der Waals surface area (Å²) in [6, 6.07) is 17.5. The predicted octanol–water partition coefficient (Wildman–Crippen LogP) is 4.19. The van der Waals surface area contributed by atoms with Crippen LogP contribution in [0.15, 0.2) is 59.1 Å². The van der Waals surface area contributed by atoms with E-state index in [0.717, 1.165) is 21.9 Å². The van der Waals surface area contributed by atoms with Crippen LogP contribution in [0.5, 0.6) is 0 Å². The number of aldehydes is 1. The first-order valence-corrected chi connectivity index (χ1v) is 6.07. The van der Waals surface area contributed by atoms with Crippen LogP contribution in [-0.2, 0) is 4.79 Å². The first-order valence-electron chi connectivity index (χ1n) is 5.27. The second-order valence-corrected chi connectivity index (χ2v) is 4.55. The Labute approximate surface area is 109 Å². The standard InChI is InChI=1S/C15H11BrO/c16-15-8-6-12(7-9-15)10-14(11-17)13-4-2-1-3-5-13/h1-11H/b14-10-. The molecular formula is C15H11BrO. The van der Waals surface area contributed by atoms with E-state index in [-0.39, 0.29) is 0 Å². The van der Waals surface area contributed by atoms with Gasteiger partial charge in [-0.05, 0) is 29.3 Å². The molecule has 0 aliphatic carbocycles. The fraction of sp³-hybridized carbons (Fsp3) is 0. The van der Waals surface area contributed by atoms with E-state index in [0.29, 0.717) is 5.57 Å². The molecule has 0 unspecified atom stereocenters. The third-order valence-corrected chi connectivity index (χ3v) is 2.95. The molecule has 0 atom stereocenters. The Hall–Kier alpha value is -1.67. The molecule has 0 fully saturated rings. The van der Waals surface area contributed by atoms with Crippen LogP contribution in [0.3, 0.4) is 0 Å². The second kappa shape index (κ2) is 5.60. The molecule has 0 aliphatic heterocycles. The largest absolute Gasteiger partial charge is 0.298 e. The molecular weight excluding hydrogens is 276 g/mol. The normalized spacial score (nSPS) is 11.2. The molecule has 0 saturated heterocycles. The molecule has 0 aliphatic rings. The van der Waals surface area contributed by atoms with Gasteiger partial charge in [-0.3, -0.25) is 4.79 Å². The summed E-state index contributed by atoms with van der Waals surface area (Å²) in [5.41, 5.74) is 2.64. The van der Waals surface area contributed by atoms with Gasteiger partial charge in [-0.2, -0.15) is 0 Å². The van der Waals surface area contributed by atoms with Crippen molar-refractivity contribution in [1.29, 1.82) is 0 Å². The van der Waals surface area contributed by atoms with Gasteiger partial charge < -0.3 is 0 Å². The van der Waals surface area contributed by atoms with E-state index in [1.807, 2.05) is 60.7 Å². The molecule has 0 spiro atoms. The number of carbonyl (C=O) groups excluding carboxylic acids is 1. The Balaban J connectivity index is 2.36. The maximum atomic E-state index is 11.1. The molecule has 0 aromatic heterocycles. The highest BCUT2D eigenvalue weighted by Gasteiger charge is 1.99. The number of hydrogen-bond acceptors (Lipinski definition) is 1. The SMILES string of the molecule is O=C/C(=C/c1ccc(Br)cc1)c1ccccc1. The molecule has 17 heavy (non-hydrogen) atoms. The van der Waals surface area contributed by atoms with Gasteiger partial charge in [0, 0.05) is 10.0 Å². The van der Waals surface area contributed by atoms with Crippen molar-refractivity contribution < 1.29 is 4.79 Å². The van der Waals surface area contributed by atoms with Gasteiger partial charge in [0.05, 0.1) is 0 Å². The van der Waals surface area contributed by atoms with Gasteiger partial charge in [0.25, 0.3) is 0 Å². The van der Waals surface area contributed by atoms with Crippen LogP contribution in [0, 0.1) is 0 Å². The molecule has 2 aromatic carbocycles. The zero-order valence-electron chi connectivity index (χ0n) is 9.14. The quantitative estimate of drug-likeness (QED) is 0.470. The van der Waals surface area contributed by atoms with Gasteiger partial charge in [-0.15, -0.1) is 0 Å². The van der Waals surface area contributed by atoms with Crippen molar-refractivity contribution in [3.63, 3.8) is 0 Å². The Morgan fingerprint density at radius 3 is 2.18 bits per heavy atom.